The summed E-state index contributed by atoms with van der Waals surface area (Å²) in [6, 6.07) is 0. The molecule has 7 nitrogen and oxygen atoms in total. The smallest absolute Gasteiger partial charge is 0.258 e. The Morgan fingerprint density at radius 2 is 1.80 bits per heavy atom. The van der Waals surface area contributed by atoms with Crippen LogP contribution in [-0.4, -0.2) is 24.9 Å². The molecule has 0 spiro atoms. The summed E-state index contributed by atoms with van der Waals surface area (Å²) in [5, 5.41) is 11.4. The van der Waals surface area contributed by atoms with Gasteiger partial charge in [0.2, 0.25) is 5.28 Å². The van der Waals surface area contributed by atoms with Crippen molar-refractivity contribution in [3.63, 3.8) is 0 Å². The van der Waals surface area contributed by atoms with Crippen molar-refractivity contribution in [2.45, 2.75) is 31.0 Å². The number of nitro groups is 1. The molecule has 104 valence electrons. The molecule has 0 aliphatic carbocycles. The Morgan fingerprint density at radius 1 is 1.20 bits per heavy atom. The van der Waals surface area contributed by atoms with Crippen molar-refractivity contribution in [3.05, 3.63) is 38.5 Å². The molecule has 0 saturated carbocycles. The Labute approximate surface area is 124 Å². The summed E-state index contributed by atoms with van der Waals surface area (Å²) in [5.41, 5.74) is 2.41. The van der Waals surface area contributed by atoms with Gasteiger partial charge in [-0.3, -0.25) is 10.1 Å². The van der Waals surface area contributed by atoms with Crippen molar-refractivity contribution in [2.75, 3.05) is 0 Å². The average Bonchev–Trinajstić information content (AvgIpc) is 2.35. The molecule has 9 heteroatoms. The van der Waals surface area contributed by atoms with E-state index in [4.69, 9.17) is 11.6 Å². The summed E-state index contributed by atoms with van der Waals surface area (Å²) in [6.45, 7) is 5.63. The van der Waals surface area contributed by atoms with E-state index in [1.165, 1.54) is 0 Å². The lowest BCUT2D eigenvalue weighted by atomic mass is 10.2. The first-order valence-electron chi connectivity index (χ1n) is 5.55. The van der Waals surface area contributed by atoms with Crippen molar-refractivity contribution in [3.8, 4) is 0 Å². The Kier molecular flexibility index (Phi) is 4.15. The first-order chi connectivity index (χ1) is 9.38. The third-order valence-electron chi connectivity index (χ3n) is 2.70. The minimum Gasteiger partial charge on any atom is -0.258 e. The number of halogens is 1. The van der Waals surface area contributed by atoms with Crippen LogP contribution in [0.2, 0.25) is 5.28 Å². The van der Waals surface area contributed by atoms with Gasteiger partial charge in [0.1, 0.15) is 6.20 Å². The van der Waals surface area contributed by atoms with E-state index in [1.54, 1.807) is 0 Å². The second-order valence-corrected chi connectivity index (χ2v) is 5.28. The van der Waals surface area contributed by atoms with Gasteiger partial charge in [0.05, 0.1) is 4.92 Å². The molecule has 2 rings (SSSR count). The van der Waals surface area contributed by atoms with Gasteiger partial charge < -0.3 is 0 Å². The first-order valence-corrected chi connectivity index (χ1v) is 6.74. The predicted octanol–water partition coefficient (Wildman–Crippen LogP) is 2.90. The zero-order valence-corrected chi connectivity index (χ0v) is 12.5. The number of aromatic nitrogens is 4. The van der Waals surface area contributed by atoms with Crippen LogP contribution in [0, 0.1) is 30.9 Å². The van der Waals surface area contributed by atoms with Crippen molar-refractivity contribution in [1.82, 2.24) is 19.9 Å². The SMILES string of the molecule is Cc1nc(Sc2nc(Cl)ncc2[N+](=O)[O-])nc(C)c1C. The summed E-state index contributed by atoms with van der Waals surface area (Å²) < 4.78 is 0. The highest BCUT2D eigenvalue weighted by molar-refractivity contribution is 7.99. The minimum absolute atomic E-state index is 0.0568. The van der Waals surface area contributed by atoms with Crippen molar-refractivity contribution in [1.29, 1.82) is 0 Å². The van der Waals surface area contributed by atoms with E-state index in [0.717, 1.165) is 34.9 Å². The fourth-order valence-electron chi connectivity index (χ4n) is 1.41. The molecule has 0 aliphatic heterocycles. The molecule has 20 heavy (non-hydrogen) atoms. The minimum atomic E-state index is -0.563. The van der Waals surface area contributed by atoms with Gasteiger partial charge in [-0.1, -0.05) is 0 Å². The highest BCUT2D eigenvalue weighted by Crippen LogP contribution is 2.31. The van der Waals surface area contributed by atoms with Gasteiger partial charge in [-0.25, -0.2) is 19.9 Å². The maximum Gasteiger partial charge on any atom is 0.320 e. The molecule has 0 aromatic carbocycles. The molecule has 0 bridgehead atoms. The average molecular weight is 312 g/mol. The van der Waals surface area contributed by atoms with Gasteiger partial charge in [-0.05, 0) is 49.7 Å². The molecule has 0 unspecified atom stereocenters. The van der Waals surface area contributed by atoms with Crippen LogP contribution in [0.4, 0.5) is 5.69 Å². The summed E-state index contributed by atoms with van der Waals surface area (Å²) >= 11 is 6.67. The largest absolute Gasteiger partial charge is 0.320 e. The van der Waals surface area contributed by atoms with Gasteiger partial charge in [0.15, 0.2) is 10.2 Å². The highest BCUT2D eigenvalue weighted by Gasteiger charge is 2.19. The lowest BCUT2D eigenvalue weighted by Crippen LogP contribution is -2.00. The second kappa shape index (κ2) is 5.68. The zero-order chi connectivity index (χ0) is 14.9. The number of aryl methyl sites for hydroxylation is 2. The molecule has 2 aromatic heterocycles. The van der Waals surface area contributed by atoms with Crippen LogP contribution in [0.25, 0.3) is 0 Å². The second-order valence-electron chi connectivity index (χ2n) is 3.99. The number of hydrogen-bond donors (Lipinski definition) is 0. The van der Waals surface area contributed by atoms with Gasteiger partial charge in [-0.15, -0.1) is 0 Å². The quantitative estimate of drug-likeness (QED) is 0.372. The first kappa shape index (κ1) is 14.6. The van der Waals surface area contributed by atoms with Gasteiger partial charge in [0, 0.05) is 11.4 Å². The summed E-state index contributed by atoms with van der Waals surface area (Å²) in [7, 11) is 0. The van der Waals surface area contributed by atoms with Crippen LogP contribution in [0.1, 0.15) is 17.0 Å². The van der Waals surface area contributed by atoms with Crippen LogP contribution >= 0.6 is 23.4 Å². The Morgan fingerprint density at radius 3 is 2.35 bits per heavy atom. The maximum atomic E-state index is 10.9. The number of rotatable bonds is 3. The van der Waals surface area contributed by atoms with Crippen molar-refractivity contribution < 1.29 is 4.92 Å². The van der Waals surface area contributed by atoms with Crippen LogP contribution in [0.5, 0.6) is 0 Å². The van der Waals surface area contributed by atoms with E-state index in [1.807, 2.05) is 20.8 Å². The van der Waals surface area contributed by atoms with E-state index in [9.17, 15) is 10.1 Å². The standard InChI is InChI=1S/C11H10ClN5O2S/c1-5-6(2)14-11(15-7(5)3)20-9-8(17(18)19)4-13-10(12)16-9/h4H,1-3H3. The fourth-order valence-corrected chi connectivity index (χ4v) is 2.50. The van der Waals surface area contributed by atoms with Crippen molar-refractivity contribution in [2.24, 2.45) is 0 Å². The molecule has 0 amide bonds. The normalized spacial score (nSPS) is 10.6. The third-order valence-corrected chi connectivity index (χ3v) is 3.74. The van der Waals surface area contributed by atoms with Crippen LogP contribution in [-0.2, 0) is 0 Å². The Balaban J connectivity index is 2.44. The van der Waals surface area contributed by atoms with E-state index in [0.29, 0.717) is 5.16 Å². The van der Waals surface area contributed by atoms with Gasteiger partial charge in [-0.2, -0.15) is 0 Å². The molecule has 2 heterocycles. The number of hydrogen-bond acceptors (Lipinski definition) is 7. The molecular weight excluding hydrogens is 302 g/mol. The molecule has 0 N–H and O–H groups in total. The topological polar surface area (TPSA) is 94.7 Å². The summed E-state index contributed by atoms with van der Waals surface area (Å²) in [6.07, 6.45) is 1.07. The molecular formula is C11H10ClN5O2S. The van der Waals surface area contributed by atoms with E-state index in [2.05, 4.69) is 19.9 Å². The summed E-state index contributed by atoms with van der Waals surface area (Å²) in [4.78, 5) is 26.4. The molecule has 0 fully saturated rings. The highest BCUT2D eigenvalue weighted by atomic mass is 35.5. The maximum absolute atomic E-state index is 10.9. The van der Waals surface area contributed by atoms with E-state index >= 15 is 0 Å². The number of nitrogens with zero attached hydrogens (tertiary/aromatic N) is 5. The molecule has 0 radical (unpaired) electrons. The Bertz CT molecular complexity index is 672. The monoisotopic (exact) mass is 311 g/mol. The molecule has 0 aliphatic rings. The van der Waals surface area contributed by atoms with Gasteiger partial charge in [0.25, 0.3) is 0 Å². The molecule has 0 atom stereocenters. The van der Waals surface area contributed by atoms with E-state index in [-0.39, 0.29) is 16.0 Å². The lowest BCUT2D eigenvalue weighted by Gasteiger charge is -2.06. The van der Waals surface area contributed by atoms with Crippen LogP contribution in [0.15, 0.2) is 16.4 Å². The third kappa shape index (κ3) is 3.02. The van der Waals surface area contributed by atoms with Crippen molar-refractivity contribution >= 4 is 29.1 Å². The van der Waals surface area contributed by atoms with Crippen LogP contribution in [0.3, 0.4) is 0 Å². The molecule has 0 saturated heterocycles. The molecule has 2 aromatic rings. The fraction of sp³-hybridized carbons (Fsp3) is 0.273. The van der Waals surface area contributed by atoms with E-state index < -0.39 is 4.92 Å². The lowest BCUT2D eigenvalue weighted by molar-refractivity contribution is -0.388. The summed E-state index contributed by atoms with van der Waals surface area (Å²) in [5.74, 6) is 0. The zero-order valence-electron chi connectivity index (χ0n) is 10.9. The van der Waals surface area contributed by atoms with Gasteiger partial charge >= 0.3 is 5.69 Å². The Hall–Kier alpha value is -1.80. The van der Waals surface area contributed by atoms with Crippen LogP contribution < -0.4 is 0 Å². The predicted molar refractivity (Wildman–Crippen MR) is 74.1 cm³/mol.